The number of thiazole rings is 1. The van der Waals surface area contributed by atoms with Gasteiger partial charge in [-0.2, -0.15) is 0 Å². The van der Waals surface area contributed by atoms with Crippen LogP contribution in [0, 0.1) is 0 Å². The van der Waals surface area contributed by atoms with E-state index in [1.165, 1.54) is 11.3 Å². The van der Waals surface area contributed by atoms with Gasteiger partial charge in [-0.1, -0.05) is 6.92 Å². The number of hydroxylamine groups is 1. The molecule has 3 N–H and O–H groups in total. The minimum Gasteiger partial charge on any atom is -0.479 e. The highest BCUT2D eigenvalue weighted by Crippen LogP contribution is 2.19. The molecular formula is C10H15N3O4S. The number of carboxylic acid groups (broad SMARTS) is 1. The predicted molar refractivity (Wildman–Crippen MR) is 65.2 cm³/mol. The summed E-state index contributed by atoms with van der Waals surface area (Å²) in [6.07, 6.45) is 2.68. The molecule has 0 radical (unpaired) electrons. The van der Waals surface area contributed by atoms with Crippen LogP contribution in [0.25, 0.3) is 0 Å². The Morgan fingerprint density at radius 1 is 1.61 bits per heavy atom. The van der Waals surface area contributed by atoms with Gasteiger partial charge in [0.2, 0.25) is 0 Å². The van der Waals surface area contributed by atoms with Gasteiger partial charge in [0.05, 0.1) is 6.04 Å². The molecule has 8 heteroatoms. The van der Waals surface area contributed by atoms with E-state index in [-0.39, 0.29) is 6.04 Å². The molecule has 1 aromatic heterocycles. The normalized spacial score (nSPS) is 11.9. The zero-order valence-corrected chi connectivity index (χ0v) is 10.9. The summed E-state index contributed by atoms with van der Waals surface area (Å²) in [7, 11) is 0. The molecular weight excluding hydrogens is 258 g/mol. The van der Waals surface area contributed by atoms with Crippen molar-refractivity contribution in [3.63, 3.8) is 0 Å². The van der Waals surface area contributed by atoms with Crippen molar-refractivity contribution in [2.45, 2.75) is 26.3 Å². The van der Waals surface area contributed by atoms with Gasteiger partial charge in [-0.15, -0.1) is 11.3 Å². The molecule has 100 valence electrons. The van der Waals surface area contributed by atoms with Gasteiger partial charge in [-0.3, -0.25) is 4.84 Å². The van der Waals surface area contributed by atoms with Crippen LogP contribution in [0.15, 0.2) is 6.20 Å². The molecule has 0 aliphatic rings. The number of carbonyl (C=O) groups excluding carboxylic acids is 1. The van der Waals surface area contributed by atoms with E-state index in [0.717, 1.165) is 16.3 Å². The van der Waals surface area contributed by atoms with Crippen molar-refractivity contribution in [1.82, 2.24) is 15.8 Å². The van der Waals surface area contributed by atoms with Crippen LogP contribution in [-0.2, 0) is 16.1 Å². The lowest BCUT2D eigenvalue weighted by Crippen LogP contribution is -2.37. The molecule has 0 aromatic carbocycles. The van der Waals surface area contributed by atoms with E-state index in [0.29, 0.717) is 0 Å². The van der Waals surface area contributed by atoms with E-state index in [2.05, 4.69) is 15.1 Å². The number of urea groups is 1. The van der Waals surface area contributed by atoms with Crippen LogP contribution in [0.1, 0.15) is 29.8 Å². The first kappa shape index (κ1) is 14.4. The Morgan fingerprint density at radius 3 is 2.89 bits per heavy atom. The van der Waals surface area contributed by atoms with Gasteiger partial charge in [0.15, 0.2) is 6.61 Å². The summed E-state index contributed by atoms with van der Waals surface area (Å²) in [5.41, 5.74) is 1.98. The average Bonchev–Trinajstić information content (AvgIpc) is 2.76. The predicted octanol–water partition coefficient (Wildman–Crippen LogP) is 1.08. The summed E-state index contributed by atoms with van der Waals surface area (Å²) in [5, 5.41) is 11.7. The number of rotatable bonds is 6. The van der Waals surface area contributed by atoms with Gasteiger partial charge < -0.3 is 10.4 Å². The van der Waals surface area contributed by atoms with Crippen molar-refractivity contribution < 1.29 is 19.5 Å². The van der Waals surface area contributed by atoms with Crippen molar-refractivity contribution in [3.05, 3.63) is 16.1 Å². The molecule has 1 rings (SSSR count). The van der Waals surface area contributed by atoms with Gasteiger partial charge >= 0.3 is 12.0 Å². The molecule has 0 aliphatic carbocycles. The number of hydrogen-bond acceptors (Lipinski definition) is 5. The van der Waals surface area contributed by atoms with E-state index in [4.69, 9.17) is 5.11 Å². The average molecular weight is 273 g/mol. The zero-order valence-electron chi connectivity index (χ0n) is 10.1. The number of hydrogen-bond donors (Lipinski definition) is 3. The summed E-state index contributed by atoms with van der Waals surface area (Å²) in [5.74, 6) is -1.16. The number of amides is 2. The molecule has 7 nitrogen and oxygen atoms in total. The van der Waals surface area contributed by atoms with Crippen molar-refractivity contribution in [2.24, 2.45) is 0 Å². The summed E-state index contributed by atoms with van der Waals surface area (Å²) < 4.78 is 0. The topological polar surface area (TPSA) is 101 Å². The summed E-state index contributed by atoms with van der Waals surface area (Å²) in [4.78, 5) is 31.2. The maximum absolute atomic E-state index is 11.3. The highest BCUT2D eigenvalue weighted by atomic mass is 32.1. The second-order valence-electron chi connectivity index (χ2n) is 3.50. The molecule has 18 heavy (non-hydrogen) atoms. The highest BCUT2D eigenvalue weighted by molar-refractivity contribution is 7.11. The maximum atomic E-state index is 11.3. The monoisotopic (exact) mass is 273 g/mol. The Hall–Kier alpha value is -1.67. The second-order valence-corrected chi connectivity index (χ2v) is 4.64. The molecule has 1 atom stereocenters. The molecule has 0 saturated heterocycles. The lowest BCUT2D eigenvalue weighted by Gasteiger charge is -2.11. The van der Waals surface area contributed by atoms with Gasteiger partial charge in [0.25, 0.3) is 0 Å². The number of carboxylic acids is 1. The van der Waals surface area contributed by atoms with E-state index < -0.39 is 18.6 Å². The van der Waals surface area contributed by atoms with E-state index in [1.54, 1.807) is 13.1 Å². The fourth-order valence-corrected chi connectivity index (χ4v) is 2.00. The molecule has 0 aliphatic heterocycles. The lowest BCUT2D eigenvalue weighted by molar-refractivity contribution is -0.144. The highest BCUT2D eigenvalue weighted by Gasteiger charge is 2.13. The Balaban J connectivity index is 2.37. The van der Waals surface area contributed by atoms with Crippen LogP contribution >= 0.6 is 11.3 Å². The minimum atomic E-state index is -1.16. The minimum absolute atomic E-state index is 0.260. The first-order valence-electron chi connectivity index (χ1n) is 5.37. The van der Waals surface area contributed by atoms with E-state index >= 15 is 0 Å². The summed E-state index contributed by atoms with van der Waals surface area (Å²) >= 11 is 1.52. The van der Waals surface area contributed by atoms with E-state index in [9.17, 15) is 9.59 Å². The number of nitrogens with one attached hydrogen (secondary N) is 2. The Bertz CT molecular complexity index is 421. The smallest absolute Gasteiger partial charge is 0.339 e. The second kappa shape index (κ2) is 6.92. The standard InChI is InChI=1S/C10H15N3O4S/c1-3-7-4-11-9(18-7)6(2)12-10(16)13-17-5-8(14)15/h4,6H,3,5H2,1-2H3,(H,14,15)(H2,12,13,16). The molecule has 0 spiro atoms. The molecule has 0 saturated carbocycles. The molecule has 1 unspecified atom stereocenters. The number of aliphatic carboxylic acids is 1. The molecule has 0 fully saturated rings. The lowest BCUT2D eigenvalue weighted by atomic mass is 10.4. The first-order chi connectivity index (χ1) is 8.52. The first-order valence-corrected chi connectivity index (χ1v) is 6.19. The third-order valence-electron chi connectivity index (χ3n) is 2.00. The van der Waals surface area contributed by atoms with Gasteiger partial charge in [0.1, 0.15) is 5.01 Å². The third kappa shape index (κ3) is 4.68. The third-order valence-corrected chi connectivity index (χ3v) is 3.32. The zero-order chi connectivity index (χ0) is 13.5. The number of aromatic nitrogens is 1. The SMILES string of the molecule is CCc1cnc(C(C)NC(=O)NOCC(=O)O)s1. The Labute approximate surface area is 108 Å². The van der Waals surface area contributed by atoms with Gasteiger partial charge in [-0.25, -0.2) is 20.1 Å². The quantitative estimate of drug-likeness (QED) is 0.673. The molecule has 1 heterocycles. The maximum Gasteiger partial charge on any atom is 0.339 e. The fourth-order valence-electron chi connectivity index (χ4n) is 1.14. The van der Waals surface area contributed by atoms with Crippen molar-refractivity contribution in [1.29, 1.82) is 0 Å². The van der Waals surface area contributed by atoms with Crippen LogP contribution < -0.4 is 10.8 Å². The molecule has 1 aromatic rings. The Kier molecular flexibility index (Phi) is 5.53. The van der Waals surface area contributed by atoms with Crippen LogP contribution in [0.4, 0.5) is 4.79 Å². The van der Waals surface area contributed by atoms with Gasteiger partial charge in [-0.05, 0) is 13.3 Å². The van der Waals surface area contributed by atoms with Crippen LogP contribution in [0.3, 0.4) is 0 Å². The largest absolute Gasteiger partial charge is 0.479 e. The van der Waals surface area contributed by atoms with Crippen molar-refractivity contribution in [2.75, 3.05) is 6.61 Å². The number of aryl methyl sites for hydroxylation is 1. The van der Waals surface area contributed by atoms with Gasteiger partial charge in [0, 0.05) is 11.1 Å². The molecule has 0 bridgehead atoms. The van der Waals surface area contributed by atoms with Crippen molar-refractivity contribution >= 4 is 23.3 Å². The van der Waals surface area contributed by atoms with Crippen LogP contribution in [0.2, 0.25) is 0 Å². The van der Waals surface area contributed by atoms with Crippen LogP contribution in [0.5, 0.6) is 0 Å². The Morgan fingerprint density at radius 2 is 2.33 bits per heavy atom. The van der Waals surface area contributed by atoms with Crippen molar-refractivity contribution in [3.8, 4) is 0 Å². The number of carbonyl (C=O) groups is 2. The summed E-state index contributed by atoms with van der Waals surface area (Å²) in [6, 6.07) is -0.860. The number of nitrogens with zero attached hydrogens (tertiary/aromatic N) is 1. The van der Waals surface area contributed by atoms with E-state index in [1.807, 2.05) is 12.4 Å². The van der Waals surface area contributed by atoms with Crippen LogP contribution in [-0.4, -0.2) is 28.7 Å². The summed E-state index contributed by atoms with van der Waals surface area (Å²) in [6.45, 7) is 3.23. The molecule has 2 amide bonds. The fraction of sp³-hybridized carbons (Fsp3) is 0.500.